The Hall–Kier alpha value is -3.79. The zero-order chi connectivity index (χ0) is 22.1. The summed E-state index contributed by atoms with van der Waals surface area (Å²) in [5.41, 5.74) is 0.733. The van der Waals surface area contributed by atoms with Crippen LogP contribution in [0.1, 0.15) is 15.9 Å². The van der Waals surface area contributed by atoms with Gasteiger partial charge in [-0.2, -0.15) is 0 Å². The summed E-state index contributed by atoms with van der Waals surface area (Å²) in [5.74, 6) is -0.474. The van der Waals surface area contributed by atoms with E-state index in [-0.39, 0.29) is 17.7 Å². The summed E-state index contributed by atoms with van der Waals surface area (Å²) in [6, 6.07) is 13.2. The maximum Gasteiger partial charge on any atom is 0.337 e. The third-order valence-electron chi connectivity index (χ3n) is 4.84. The highest BCUT2D eigenvalue weighted by atomic mass is 32.2. The summed E-state index contributed by atoms with van der Waals surface area (Å²) in [6.07, 6.45) is 2.89. The smallest absolute Gasteiger partial charge is 0.337 e. The second-order valence-electron chi connectivity index (χ2n) is 6.75. The molecule has 0 aliphatic heterocycles. The Labute approximate surface area is 178 Å². The lowest BCUT2D eigenvalue weighted by molar-refractivity contribution is 0.0600. The van der Waals surface area contributed by atoms with Crippen LogP contribution in [-0.4, -0.2) is 42.6 Å². The first-order chi connectivity index (χ1) is 14.9. The number of nitrogens with one attached hydrogen (secondary N) is 1. The van der Waals surface area contributed by atoms with Crippen LogP contribution in [0, 0.1) is 0 Å². The maximum atomic E-state index is 13.3. The molecule has 0 aliphatic carbocycles. The molecule has 10 heteroatoms. The van der Waals surface area contributed by atoms with Crippen molar-refractivity contribution < 1.29 is 13.7 Å². The molecule has 158 valence electrons. The fourth-order valence-corrected chi connectivity index (χ4v) is 3.82. The number of hydrogen-bond donors (Lipinski definition) is 1. The van der Waals surface area contributed by atoms with Crippen molar-refractivity contribution in [2.75, 3.05) is 13.4 Å². The van der Waals surface area contributed by atoms with E-state index in [0.29, 0.717) is 21.7 Å². The number of nitrogens with zero attached hydrogens (tertiary/aromatic N) is 3. The second-order valence-corrected chi connectivity index (χ2v) is 8.13. The van der Waals surface area contributed by atoms with E-state index >= 15 is 0 Å². The Balaban J connectivity index is 1.87. The number of ether oxygens (including phenoxy) is 1. The molecule has 1 atom stereocenters. The van der Waals surface area contributed by atoms with Gasteiger partial charge in [-0.05, 0) is 35.9 Å². The number of imidazole rings is 1. The molecule has 1 N–H and O–H groups in total. The number of esters is 1. The van der Waals surface area contributed by atoms with Gasteiger partial charge < -0.3 is 9.72 Å². The Morgan fingerprint density at radius 2 is 1.90 bits per heavy atom. The number of carbonyl (C=O) groups excluding carboxylic acids is 1. The number of fused-ring (bicyclic) bond motifs is 1. The summed E-state index contributed by atoms with van der Waals surface area (Å²) in [4.78, 5) is 45.4. The van der Waals surface area contributed by atoms with E-state index in [1.54, 1.807) is 54.8 Å². The van der Waals surface area contributed by atoms with E-state index in [1.807, 2.05) is 0 Å². The molecule has 4 aromatic rings. The van der Waals surface area contributed by atoms with E-state index in [9.17, 15) is 18.6 Å². The number of benzene rings is 2. The molecule has 2 aromatic carbocycles. The zero-order valence-electron chi connectivity index (χ0n) is 16.7. The van der Waals surface area contributed by atoms with Crippen LogP contribution >= 0.6 is 0 Å². The van der Waals surface area contributed by atoms with Gasteiger partial charge in [0.15, 0.2) is 5.65 Å². The van der Waals surface area contributed by atoms with Crippen LogP contribution in [0.3, 0.4) is 0 Å². The van der Waals surface area contributed by atoms with Crippen LogP contribution in [0.25, 0.3) is 16.9 Å². The first-order valence-corrected chi connectivity index (χ1v) is 10.8. The minimum absolute atomic E-state index is 0.00647. The Kier molecular flexibility index (Phi) is 5.38. The van der Waals surface area contributed by atoms with E-state index in [0.717, 1.165) is 4.57 Å². The normalized spacial score (nSPS) is 12.1. The monoisotopic (exact) mass is 438 g/mol. The Morgan fingerprint density at radius 1 is 1.16 bits per heavy atom. The molecule has 0 bridgehead atoms. The number of hydrogen-bond acceptors (Lipinski definition) is 6. The lowest BCUT2D eigenvalue weighted by Gasteiger charge is -2.12. The lowest BCUT2D eigenvalue weighted by Crippen LogP contribution is -2.39. The predicted molar refractivity (Wildman–Crippen MR) is 115 cm³/mol. The van der Waals surface area contributed by atoms with Crippen LogP contribution in [0.15, 0.2) is 69.3 Å². The number of H-pyrrole nitrogens is 1. The van der Waals surface area contributed by atoms with Crippen LogP contribution in [0.4, 0.5) is 0 Å². The summed E-state index contributed by atoms with van der Waals surface area (Å²) in [5, 5.41) is 0. The quantitative estimate of drug-likeness (QED) is 0.472. The van der Waals surface area contributed by atoms with Crippen molar-refractivity contribution in [1.29, 1.82) is 0 Å². The van der Waals surface area contributed by atoms with Gasteiger partial charge in [0.2, 0.25) is 0 Å². The molecule has 0 spiro atoms. The number of aromatic amines is 1. The van der Waals surface area contributed by atoms with Crippen LogP contribution in [0.5, 0.6) is 0 Å². The Bertz CT molecular complexity index is 1430. The fourth-order valence-electron chi connectivity index (χ4n) is 3.27. The number of carbonyl (C=O) groups is 1. The first-order valence-electron chi connectivity index (χ1n) is 9.20. The SMILES string of the molecule is COC(=O)c1ccc(Cn2c(=O)c3[nH]cnc3n(-c3cccc([S@@](C)=O)c3)c2=O)cc1. The predicted octanol–water partition coefficient (Wildman–Crippen LogP) is 1.45. The molecule has 2 heterocycles. The molecule has 0 aliphatic rings. The first kappa shape index (κ1) is 20.5. The van der Waals surface area contributed by atoms with E-state index < -0.39 is 28.0 Å². The average Bonchev–Trinajstić information content (AvgIpc) is 3.26. The van der Waals surface area contributed by atoms with Crippen LogP contribution in [-0.2, 0) is 22.1 Å². The molecule has 4 rings (SSSR count). The van der Waals surface area contributed by atoms with E-state index in [2.05, 4.69) is 14.7 Å². The summed E-state index contributed by atoms with van der Waals surface area (Å²) < 4.78 is 19.0. The molecule has 0 unspecified atom stereocenters. The molecule has 0 saturated carbocycles. The minimum atomic E-state index is -1.24. The standard InChI is InChI=1S/C21H18N4O5S/c1-30-20(27)14-8-6-13(7-9-14)11-24-19(26)17-18(23-12-22-17)25(21(24)28)15-4-3-5-16(10-15)31(2)29/h3-10,12H,11H2,1-2H3,(H,22,23)/t31-/m1/s1. The molecule has 0 amide bonds. The van der Waals surface area contributed by atoms with Crippen molar-refractivity contribution in [1.82, 2.24) is 19.1 Å². The molecule has 31 heavy (non-hydrogen) atoms. The lowest BCUT2D eigenvalue weighted by atomic mass is 10.1. The van der Waals surface area contributed by atoms with Gasteiger partial charge >= 0.3 is 11.7 Å². The molecular weight excluding hydrogens is 420 g/mol. The topological polar surface area (TPSA) is 116 Å². The average molecular weight is 438 g/mol. The van der Waals surface area contributed by atoms with E-state index in [4.69, 9.17) is 0 Å². The van der Waals surface area contributed by atoms with Crippen molar-refractivity contribution in [3.63, 3.8) is 0 Å². The maximum absolute atomic E-state index is 13.3. The van der Waals surface area contributed by atoms with E-state index in [1.165, 1.54) is 18.0 Å². The summed E-state index contributed by atoms with van der Waals surface area (Å²) in [6.45, 7) is -0.00647. The number of methoxy groups -OCH3 is 1. The summed E-state index contributed by atoms with van der Waals surface area (Å²) >= 11 is 0. The van der Waals surface area contributed by atoms with Gasteiger partial charge in [0.25, 0.3) is 5.56 Å². The van der Waals surface area contributed by atoms with Gasteiger partial charge in [0.1, 0.15) is 5.52 Å². The van der Waals surface area contributed by atoms with Crippen molar-refractivity contribution in [3.8, 4) is 5.69 Å². The molecule has 0 saturated heterocycles. The van der Waals surface area contributed by atoms with Crippen molar-refractivity contribution in [3.05, 3.63) is 86.8 Å². The highest BCUT2D eigenvalue weighted by molar-refractivity contribution is 7.84. The number of aromatic nitrogens is 4. The fraction of sp³-hybridized carbons (Fsp3) is 0.143. The molecule has 9 nitrogen and oxygen atoms in total. The van der Waals surface area contributed by atoms with Crippen molar-refractivity contribution >= 4 is 27.9 Å². The highest BCUT2D eigenvalue weighted by Crippen LogP contribution is 2.15. The van der Waals surface area contributed by atoms with Gasteiger partial charge in [0.05, 0.1) is 31.2 Å². The van der Waals surface area contributed by atoms with Gasteiger partial charge in [-0.15, -0.1) is 0 Å². The minimum Gasteiger partial charge on any atom is -0.465 e. The second kappa shape index (κ2) is 8.15. The van der Waals surface area contributed by atoms with Crippen LogP contribution < -0.4 is 11.2 Å². The van der Waals surface area contributed by atoms with Crippen molar-refractivity contribution in [2.45, 2.75) is 11.4 Å². The highest BCUT2D eigenvalue weighted by Gasteiger charge is 2.17. The van der Waals surface area contributed by atoms with Gasteiger partial charge in [-0.3, -0.25) is 13.6 Å². The van der Waals surface area contributed by atoms with Crippen LogP contribution in [0.2, 0.25) is 0 Å². The van der Waals surface area contributed by atoms with Gasteiger partial charge in [-0.1, -0.05) is 18.2 Å². The van der Waals surface area contributed by atoms with Crippen molar-refractivity contribution in [2.24, 2.45) is 0 Å². The number of rotatable bonds is 5. The third-order valence-corrected chi connectivity index (χ3v) is 5.75. The zero-order valence-corrected chi connectivity index (χ0v) is 17.5. The molecule has 0 fully saturated rings. The Morgan fingerprint density at radius 3 is 2.58 bits per heavy atom. The molecule has 0 radical (unpaired) electrons. The third kappa shape index (κ3) is 3.73. The van der Waals surface area contributed by atoms with Gasteiger partial charge in [-0.25, -0.2) is 19.1 Å². The molecule has 2 aromatic heterocycles. The molecular formula is C21H18N4O5S. The largest absolute Gasteiger partial charge is 0.465 e. The van der Waals surface area contributed by atoms with Gasteiger partial charge in [0, 0.05) is 22.0 Å². The summed E-state index contributed by atoms with van der Waals surface area (Å²) in [7, 11) is 0.0507.